The summed E-state index contributed by atoms with van der Waals surface area (Å²) in [5.74, 6) is -0.862. The molecule has 0 radical (unpaired) electrons. The molecule has 1 fully saturated rings. The van der Waals surface area contributed by atoms with E-state index in [0.29, 0.717) is 5.56 Å². The Balaban J connectivity index is 1.99. The molecule has 1 aromatic rings. The minimum atomic E-state index is -3.32. The van der Waals surface area contributed by atoms with Crippen LogP contribution in [0.2, 0.25) is 5.02 Å². The van der Waals surface area contributed by atoms with Crippen molar-refractivity contribution in [2.45, 2.75) is 19.0 Å². The second-order valence-electron chi connectivity index (χ2n) is 4.59. The minimum absolute atomic E-state index is 0.0289. The lowest BCUT2D eigenvalue weighted by Gasteiger charge is -2.17. The minimum Gasteiger partial charge on any atom is -0.351 e. The van der Waals surface area contributed by atoms with Gasteiger partial charge >= 0.3 is 0 Å². The van der Waals surface area contributed by atoms with Crippen LogP contribution in [0.3, 0.4) is 0 Å². The van der Waals surface area contributed by atoms with Gasteiger partial charge in [-0.15, -0.1) is 0 Å². The summed E-state index contributed by atoms with van der Waals surface area (Å²) in [7, 11) is -1.93. The van der Waals surface area contributed by atoms with E-state index < -0.39 is 21.9 Å². The van der Waals surface area contributed by atoms with Gasteiger partial charge < -0.3 is 5.32 Å². The smallest absolute Gasteiger partial charge is 0.238 e. The molecule has 1 aliphatic rings. The first-order chi connectivity index (χ1) is 9.31. The van der Waals surface area contributed by atoms with Crippen LogP contribution in [-0.2, 0) is 21.4 Å². The number of benzene rings is 1. The Kier molecular flexibility index (Phi) is 4.31. The van der Waals surface area contributed by atoms with E-state index in [1.54, 1.807) is 0 Å². The Labute approximate surface area is 121 Å². The molecule has 0 aromatic heterocycles. The molecule has 1 N–H and O–H groups in total. The average molecular weight is 321 g/mol. The second-order valence-corrected chi connectivity index (χ2v) is 7.15. The second kappa shape index (κ2) is 5.67. The van der Waals surface area contributed by atoms with Gasteiger partial charge in [0.1, 0.15) is 11.9 Å². The van der Waals surface area contributed by atoms with Crippen molar-refractivity contribution in [1.29, 1.82) is 0 Å². The molecule has 1 atom stereocenters. The molecule has 1 unspecified atom stereocenters. The maximum Gasteiger partial charge on any atom is 0.238 e. The molecular formula is C12H14ClFN2O3S. The van der Waals surface area contributed by atoms with Crippen molar-refractivity contribution >= 4 is 27.5 Å². The zero-order valence-electron chi connectivity index (χ0n) is 10.8. The number of halogens is 2. The molecule has 8 heteroatoms. The lowest BCUT2D eigenvalue weighted by atomic mass is 10.2. The van der Waals surface area contributed by atoms with E-state index in [2.05, 4.69) is 5.32 Å². The highest BCUT2D eigenvalue weighted by Crippen LogP contribution is 2.20. The Morgan fingerprint density at radius 2 is 2.25 bits per heavy atom. The predicted octanol–water partition coefficient (Wildman–Crippen LogP) is 1.13. The maximum absolute atomic E-state index is 12.9. The summed E-state index contributed by atoms with van der Waals surface area (Å²) >= 11 is 5.85. The SMILES string of the molecule is CN1C(C(=O)NCc2ccc(F)cc2Cl)CCS1(=O)=O. The molecule has 1 aliphatic heterocycles. The van der Waals surface area contributed by atoms with Crippen LogP contribution in [0, 0.1) is 5.82 Å². The molecule has 5 nitrogen and oxygen atoms in total. The third-order valence-corrected chi connectivity index (χ3v) is 5.53. The molecule has 1 amide bonds. The van der Waals surface area contributed by atoms with E-state index in [4.69, 9.17) is 11.6 Å². The monoisotopic (exact) mass is 320 g/mol. The Morgan fingerprint density at radius 3 is 2.80 bits per heavy atom. The number of rotatable bonds is 3. The zero-order chi connectivity index (χ0) is 14.9. The van der Waals surface area contributed by atoms with Gasteiger partial charge in [-0.3, -0.25) is 4.79 Å². The molecule has 0 spiro atoms. The molecule has 20 heavy (non-hydrogen) atoms. The van der Waals surface area contributed by atoms with Crippen molar-refractivity contribution in [2.24, 2.45) is 0 Å². The van der Waals surface area contributed by atoms with Gasteiger partial charge in [0.05, 0.1) is 5.75 Å². The van der Waals surface area contributed by atoms with Crippen molar-refractivity contribution in [1.82, 2.24) is 9.62 Å². The zero-order valence-corrected chi connectivity index (χ0v) is 12.3. The third kappa shape index (κ3) is 3.11. The van der Waals surface area contributed by atoms with Crippen molar-refractivity contribution in [3.63, 3.8) is 0 Å². The van der Waals surface area contributed by atoms with Gasteiger partial charge in [-0.05, 0) is 24.1 Å². The highest BCUT2D eigenvalue weighted by Gasteiger charge is 2.38. The van der Waals surface area contributed by atoms with Crippen molar-refractivity contribution < 1.29 is 17.6 Å². The number of nitrogens with zero attached hydrogens (tertiary/aromatic N) is 1. The third-order valence-electron chi connectivity index (χ3n) is 3.30. The van der Waals surface area contributed by atoms with E-state index >= 15 is 0 Å². The van der Waals surface area contributed by atoms with Crippen LogP contribution in [-0.4, -0.2) is 37.5 Å². The fourth-order valence-corrected chi connectivity index (χ4v) is 3.67. The lowest BCUT2D eigenvalue weighted by Crippen LogP contribution is -2.42. The predicted molar refractivity (Wildman–Crippen MR) is 73.2 cm³/mol. The van der Waals surface area contributed by atoms with Gasteiger partial charge in [0.15, 0.2) is 0 Å². The fraction of sp³-hybridized carbons (Fsp3) is 0.417. The van der Waals surface area contributed by atoms with Crippen molar-refractivity contribution in [3.05, 3.63) is 34.6 Å². The van der Waals surface area contributed by atoms with Crippen LogP contribution < -0.4 is 5.32 Å². The van der Waals surface area contributed by atoms with Gasteiger partial charge in [0.25, 0.3) is 0 Å². The van der Waals surface area contributed by atoms with Crippen LogP contribution in [0.25, 0.3) is 0 Å². The normalized spacial score (nSPS) is 21.9. The number of hydrogen-bond acceptors (Lipinski definition) is 3. The molecule has 1 heterocycles. The van der Waals surface area contributed by atoms with E-state index in [1.165, 1.54) is 19.2 Å². The number of likely N-dealkylation sites (N-methyl/N-ethyl adjacent to an activating group) is 1. The summed E-state index contributed by atoms with van der Waals surface area (Å²) in [6.07, 6.45) is 0.266. The van der Waals surface area contributed by atoms with Crippen molar-refractivity contribution in [2.75, 3.05) is 12.8 Å². The lowest BCUT2D eigenvalue weighted by molar-refractivity contribution is -0.124. The molecule has 1 aromatic carbocycles. The first kappa shape index (κ1) is 15.2. The van der Waals surface area contributed by atoms with E-state index in [9.17, 15) is 17.6 Å². The Bertz CT molecular complexity index is 636. The first-order valence-electron chi connectivity index (χ1n) is 5.98. The van der Waals surface area contributed by atoms with Gasteiger partial charge in [-0.2, -0.15) is 4.31 Å². The number of carbonyl (C=O) groups excluding carboxylic acids is 1. The van der Waals surface area contributed by atoms with Crippen LogP contribution in [0.15, 0.2) is 18.2 Å². The van der Waals surface area contributed by atoms with Crippen LogP contribution in [0.5, 0.6) is 0 Å². The topological polar surface area (TPSA) is 66.5 Å². The number of carbonyl (C=O) groups is 1. The van der Waals surface area contributed by atoms with Crippen LogP contribution >= 0.6 is 11.6 Å². The summed E-state index contributed by atoms with van der Waals surface area (Å²) in [5, 5.41) is 2.84. The molecule has 0 saturated carbocycles. The van der Waals surface area contributed by atoms with Gasteiger partial charge in [0.2, 0.25) is 15.9 Å². The summed E-state index contributed by atoms with van der Waals surface area (Å²) in [5.41, 5.74) is 0.574. The molecule has 1 saturated heterocycles. The summed E-state index contributed by atoms with van der Waals surface area (Å²) in [4.78, 5) is 12.0. The quantitative estimate of drug-likeness (QED) is 0.908. The maximum atomic E-state index is 12.9. The molecule has 0 bridgehead atoms. The Morgan fingerprint density at radius 1 is 1.55 bits per heavy atom. The highest BCUT2D eigenvalue weighted by atomic mass is 35.5. The van der Waals surface area contributed by atoms with Crippen molar-refractivity contribution in [3.8, 4) is 0 Å². The largest absolute Gasteiger partial charge is 0.351 e. The number of sulfonamides is 1. The molecule has 2 rings (SSSR count). The number of amides is 1. The Hall–Kier alpha value is -1.18. The average Bonchev–Trinajstić information content (AvgIpc) is 2.63. The van der Waals surface area contributed by atoms with E-state index in [1.807, 2.05) is 0 Å². The van der Waals surface area contributed by atoms with Crippen LogP contribution in [0.1, 0.15) is 12.0 Å². The summed E-state index contributed by atoms with van der Waals surface area (Å²) in [6, 6.07) is 3.20. The summed E-state index contributed by atoms with van der Waals surface area (Å²) < 4.78 is 37.0. The molecule has 110 valence electrons. The van der Waals surface area contributed by atoms with E-state index in [0.717, 1.165) is 10.4 Å². The molecule has 0 aliphatic carbocycles. The standard InChI is InChI=1S/C12H14ClFN2O3S/c1-16-11(4-5-20(16,18)19)12(17)15-7-8-2-3-9(14)6-10(8)13/h2-3,6,11H,4-5,7H2,1H3,(H,15,17). The van der Waals surface area contributed by atoms with Gasteiger partial charge in [-0.1, -0.05) is 17.7 Å². The molecular weight excluding hydrogens is 307 g/mol. The number of nitrogens with one attached hydrogen (secondary N) is 1. The van der Waals surface area contributed by atoms with E-state index in [-0.39, 0.29) is 29.6 Å². The summed E-state index contributed by atoms with van der Waals surface area (Å²) in [6.45, 7) is 0.127. The van der Waals surface area contributed by atoms with Crippen LogP contribution in [0.4, 0.5) is 4.39 Å². The first-order valence-corrected chi connectivity index (χ1v) is 7.97. The highest BCUT2D eigenvalue weighted by molar-refractivity contribution is 7.89. The fourth-order valence-electron chi connectivity index (χ4n) is 2.04. The number of hydrogen-bond donors (Lipinski definition) is 1. The van der Waals surface area contributed by atoms with Gasteiger partial charge in [-0.25, -0.2) is 12.8 Å². The van der Waals surface area contributed by atoms with Gasteiger partial charge in [0, 0.05) is 18.6 Å².